The summed E-state index contributed by atoms with van der Waals surface area (Å²) in [4.78, 5) is 23.9. The molecule has 1 fully saturated rings. The fourth-order valence-electron chi connectivity index (χ4n) is 3.01. The molecule has 1 saturated heterocycles. The number of hydrogen-bond donors (Lipinski definition) is 3. The fraction of sp³-hybridized carbons (Fsp3) is 0.643. The normalized spacial score (nSPS) is 20.6. The van der Waals surface area contributed by atoms with Crippen molar-refractivity contribution in [2.45, 2.75) is 43.7 Å². The van der Waals surface area contributed by atoms with Crippen LogP contribution in [0.2, 0.25) is 0 Å². The van der Waals surface area contributed by atoms with Crippen molar-refractivity contribution in [3.05, 3.63) is 18.0 Å². The number of piperidine rings is 1. The third-order valence-electron chi connectivity index (χ3n) is 4.22. The second-order valence-electron chi connectivity index (χ2n) is 5.74. The van der Waals surface area contributed by atoms with Gasteiger partial charge < -0.3 is 11.1 Å². The van der Waals surface area contributed by atoms with E-state index in [-0.39, 0.29) is 32.4 Å². The van der Waals surface area contributed by atoms with Crippen molar-refractivity contribution >= 4 is 12.3 Å². The molecule has 0 spiro atoms. The molecular formula is C14H21F2N5O2. The number of nitrogens with two attached hydrogens (primary N) is 1. The predicted octanol–water partition coefficient (Wildman–Crippen LogP) is 0.695. The molecule has 0 radical (unpaired) electrons. The average Bonchev–Trinajstić information content (AvgIpc) is 3.00. The van der Waals surface area contributed by atoms with Gasteiger partial charge in [-0.25, -0.2) is 8.78 Å². The van der Waals surface area contributed by atoms with E-state index >= 15 is 0 Å². The van der Waals surface area contributed by atoms with E-state index in [1.54, 1.807) is 17.2 Å². The third kappa shape index (κ3) is 4.04. The monoisotopic (exact) mass is 329 g/mol. The molecule has 23 heavy (non-hydrogen) atoms. The largest absolute Gasteiger partial charge is 0.370 e. The number of hydrogen-bond acceptors (Lipinski definition) is 4. The Hall–Kier alpha value is -2.03. The summed E-state index contributed by atoms with van der Waals surface area (Å²) >= 11 is 0. The van der Waals surface area contributed by atoms with Crippen molar-refractivity contribution in [2.24, 2.45) is 5.73 Å². The predicted molar refractivity (Wildman–Crippen MR) is 78.3 cm³/mol. The van der Waals surface area contributed by atoms with Crippen LogP contribution in [0.3, 0.4) is 0 Å². The van der Waals surface area contributed by atoms with Crippen LogP contribution in [-0.2, 0) is 15.3 Å². The van der Waals surface area contributed by atoms with Crippen LogP contribution in [0.15, 0.2) is 12.3 Å². The molecule has 9 heteroatoms. The summed E-state index contributed by atoms with van der Waals surface area (Å²) in [6, 6.07) is 1.69. The van der Waals surface area contributed by atoms with Crippen LogP contribution < -0.4 is 11.1 Å². The van der Waals surface area contributed by atoms with E-state index in [0.717, 1.165) is 0 Å². The molecule has 0 bridgehead atoms. The van der Waals surface area contributed by atoms with Crippen LogP contribution >= 0.6 is 0 Å². The second kappa shape index (κ2) is 7.03. The number of aromatic amines is 1. The van der Waals surface area contributed by atoms with Gasteiger partial charge in [-0.15, -0.1) is 0 Å². The topological polar surface area (TPSA) is 104 Å². The van der Waals surface area contributed by atoms with E-state index in [0.29, 0.717) is 24.9 Å². The van der Waals surface area contributed by atoms with Crippen LogP contribution in [0, 0.1) is 0 Å². The van der Waals surface area contributed by atoms with Gasteiger partial charge in [-0.3, -0.25) is 19.6 Å². The van der Waals surface area contributed by atoms with Crippen LogP contribution in [0.1, 0.15) is 37.8 Å². The molecule has 0 aromatic carbocycles. The molecule has 0 aliphatic carbocycles. The van der Waals surface area contributed by atoms with Crippen molar-refractivity contribution in [2.75, 3.05) is 13.1 Å². The molecule has 1 aliphatic heterocycles. The first-order valence-electron chi connectivity index (χ1n) is 7.52. The molecule has 2 heterocycles. The molecule has 7 nitrogen and oxygen atoms in total. The Morgan fingerprint density at radius 2 is 2.22 bits per heavy atom. The standard InChI is InChI=1S/C14H21F2N5O2/c15-13(16)5-8-21(9-6-13)14(18-10-22,4-1-2-12(17)23)11-3-7-19-20-11/h3,7,10H,1-2,4-6,8-9H2,(H2,17,23)(H,18,22)(H,19,20). The Labute approximate surface area is 132 Å². The van der Waals surface area contributed by atoms with Gasteiger partial charge in [-0.05, 0) is 18.9 Å². The van der Waals surface area contributed by atoms with Gasteiger partial charge >= 0.3 is 0 Å². The zero-order valence-electron chi connectivity index (χ0n) is 12.7. The molecule has 1 unspecified atom stereocenters. The molecule has 4 N–H and O–H groups in total. The summed E-state index contributed by atoms with van der Waals surface area (Å²) in [5, 5.41) is 9.54. The highest BCUT2D eigenvalue weighted by molar-refractivity contribution is 5.73. The lowest BCUT2D eigenvalue weighted by Gasteiger charge is -2.45. The summed E-state index contributed by atoms with van der Waals surface area (Å²) in [5.74, 6) is -3.14. The first-order valence-corrected chi connectivity index (χ1v) is 7.52. The Morgan fingerprint density at radius 3 is 2.74 bits per heavy atom. The molecule has 1 aromatic heterocycles. The Morgan fingerprint density at radius 1 is 1.52 bits per heavy atom. The van der Waals surface area contributed by atoms with Crippen LogP contribution in [0.5, 0.6) is 0 Å². The first-order chi connectivity index (χ1) is 10.9. The number of aromatic nitrogens is 2. The summed E-state index contributed by atoms with van der Waals surface area (Å²) in [7, 11) is 0. The quantitative estimate of drug-likeness (QED) is 0.611. The Bertz CT molecular complexity index is 527. The Kier molecular flexibility index (Phi) is 5.30. The SMILES string of the molecule is NC(=O)CCCC(NC=O)(c1cc[nH]n1)N1CCC(F)(F)CC1. The minimum absolute atomic E-state index is 0.122. The molecule has 2 rings (SSSR count). The van der Waals surface area contributed by atoms with E-state index < -0.39 is 17.5 Å². The van der Waals surface area contributed by atoms with Gasteiger partial charge in [0.05, 0.1) is 0 Å². The molecule has 0 saturated carbocycles. The first kappa shape index (κ1) is 17.3. The molecule has 1 atom stereocenters. The fourth-order valence-corrected chi connectivity index (χ4v) is 3.01. The van der Waals surface area contributed by atoms with E-state index in [1.807, 2.05) is 0 Å². The smallest absolute Gasteiger partial charge is 0.250 e. The number of carbonyl (C=O) groups excluding carboxylic acids is 2. The lowest BCUT2D eigenvalue weighted by atomic mass is 9.93. The number of rotatable bonds is 8. The number of halogens is 2. The highest BCUT2D eigenvalue weighted by Gasteiger charge is 2.45. The minimum atomic E-state index is -2.69. The number of likely N-dealkylation sites (tertiary alicyclic amines) is 1. The van der Waals surface area contributed by atoms with E-state index in [1.165, 1.54) is 0 Å². The molecule has 1 aliphatic rings. The van der Waals surface area contributed by atoms with Gasteiger partial charge in [0.2, 0.25) is 12.3 Å². The molecule has 2 amide bonds. The minimum Gasteiger partial charge on any atom is -0.370 e. The lowest BCUT2D eigenvalue weighted by molar-refractivity contribution is -0.120. The lowest BCUT2D eigenvalue weighted by Crippen LogP contribution is -2.59. The van der Waals surface area contributed by atoms with Gasteiger partial charge in [-0.1, -0.05) is 0 Å². The van der Waals surface area contributed by atoms with Gasteiger partial charge in [-0.2, -0.15) is 5.10 Å². The summed E-state index contributed by atoms with van der Waals surface area (Å²) in [6.45, 7) is 0.245. The van der Waals surface area contributed by atoms with Crippen LogP contribution in [-0.4, -0.2) is 46.4 Å². The maximum absolute atomic E-state index is 13.5. The highest BCUT2D eigenvalue weighted by Crippen LogP contribution is 2.36. The number of alkyl halides is 2. The zero-order chi connectivity index (χ0) is 16.9. The zero-order valence-corrected chi connectivity index (χ0v) is 12.7. The molecule has 128 valence electrons. The summed E-state index contributed by atoms with van der Waals surface area (Å²) < 4.78 is 26.9. The maximum Gasteiger partial charge on any atom is 0.250 e. The summed E-state index contributed by atoms with van der Waals surface area (Å²) in [6.07, 6.45) is 2.48. The molecule has 1 aromatic rings. The van der Waals surface area contributed by atoms with Crippen LogP contribution in [0.4, 0.5) is 8.78 Å². The van der Waals surface area contributed by atoms with Gasteiger partial charge in [0.1, 0.15) is 11.4 Å². The third-order valence-corrected chi connectivity index (χ3v) is 4.22. The van der Waals surface area contributed by atoms with E-state index in [2.05, 4.69) is 15.5 Å². The molecular weight excluding hydrogens is 308 g/mol. The van der Waals surface area contributed by atoms with Crippen molar-refractivity contribution in [3.63, 3.8) is 0 Å². The van der Waals surface area contributed by atoms with Crippen LogP contribution in [0.25, 0.3) is 0 Å². The number of primary amides is 1. The maximum atomic E-state index is 13.5. The van der Waals surface area contributed by atoms with Crippen molar-refractivity contribution < 1.29 is 18.4 Å². The number of nitrogens with one attached hydrogen (secondary N) is 2. The van der Waals surface area contributed by atoms with Gasteiger partial charge in [0, 0.05) is 38.5 Å². The van der Waals surface area contributed by atoms with E-state index in [9.17, 15) is 18.4 Å². The van der Waals surface area contributed by atoms with Gasteiger partial charge in [0.25, 0.3) is 5.92 Å². The number of H-pyrrole nitrogens is 1. The average molecular weight is 329 g/mol. The number of nitrogens with zero attached hydrogens (tertiary/aromatic N) is 2. The van der Waals surface area contributed by atoms with Gasteiger partial charge in [0.15, 0.2) is 0 Å². The van der Waals surface area contributed by atoms with Crippen molar-refractivity contribution in [1.29, 1.82) is 0 Å². The Balaban J connectivity index is 2.25. The number of carbonyl (C=O) groups is 2. The second-order valence-corrected chi connectivity index (χ2v) is 5.74. The summed E-state index contributed by atoms with van der Waals surface area (Å²) in [5.41, 5.74) is 4.67. The highest BCUT2D eigenvalue weighted by atomic mass is 19.3. The van der Waals surface area contributed by atoms with Crippen molar-refractivity contribution in [1.82, 2.24) is 20.4 Å². The number of amides is 2. The van der Waals surface area contributed by atoms with Crippen molar-refractivity contribution in [3.8, 4) is 0 Å². The van der Waals surface area contributed by atoms with E-state index in [4.69, 9.17) is 5.73 Å².